The molecule has 0 unspecified atom stereocenters. The number of amides is 1. The molecule has 1 saturated heterocycles. The lowest BCUT2D eigenvalue weighted by Gasteiger charge is -2.29. The van der Waals surface area contributed by atoms with E-state index in [9.17, 15) is 4.79 Å². The third-order valence-electron chi connectivity index (χ3n) is 4.53. The normalized spacial score (nSPS) is 14.2. The molecular weight excluding hydrogens is 328 g/mol. The molecule has 0 bridgehead atoms. The molecule has 3 rings (SSSR count). The first-order valence-corrected chi connectivity index (χ1v) is 9.16. The Hall–Kier alpha value is -2.67. The number of carbonyl (C=O) groups excluding carboxylic acids is 1. The van der Waals surface area contributed by atoms with Gasteiger partial charge in [-0.2, -0.15) is 0 Å². The van der Waals surface area contributed by atoms with Crippen molar-refractivity contribution in [2.45, 2.75) is 13.8 Å². The van der Waals surface area contributed by atoms with Crippen LogP contribution in [0.5, 0.6) is 0 Å². The van der Waals surface area contributed by atoms with E-state index in [0.717, 1.165) is 31.9 Å². The van der Waals surface area contributed by atoms with Gasteiger partial charge < -0.3 is 20.4 Å². The van der Waals surface area contributed by atoms with Crippen LogP contribution in [0.2, 0.25) is 0 Å². The predicted octanol–water partition coefficient (Wildman–Crippen LogP) is 2.11. The Morgan fingerprint density at radius 3 is 2.50 bits per heavy atom. The molecule has 26 heavy (non-hydrogen) atoms. The first-order chi connectivity index (χ1) is 12.7. The van der Waals surface area contributed by atoms with Gasteiger partial charge in [-0.25, -0.2) is 9.97 Å². The van der Waals surface area contributed by atoms with Gasteiger partial charge in [-0.15, -0.1) is 0 Å². The number of aromatic nitrogens is 2. The van der Waals surface area contributed by atoms with Crippen LogP contribution >= 0.6 is 0 Å². The summed E-state index contributed by atoms with van der Waals surface area (Å²) in [5.74, 6) is 0.354. The molecule has 0 saturated carbocycles. The van der Waals surface area contributed by atoms with Crippen LogP contribution in [0.4, 0.5) is 17.3 Å². The fraction of sp³-hybridized carbons (Fsp3) is 0.421. The Labute approximate surface area is 154 Å². The molecule has 1 aromatic heterocycles. The van der Waals surface area contributed by atoms with E-state index in [1.54, 1.807) is 17.2 Å². The maximum absolute atomic E-state index is 12.4. The van der Waals surface area contributed by atoms with Gasteiger partial charge >= 0.3 is 0 Å². The lowest BCUT2D eigenvalue weighted by atomic mass is 10.2. The van der Waals surface area contributed by atoms with E-state index in [-0.39, 0.29) is 5.91 Å². The fourth-order valence-corrected chi connectivity index (χ4v) is 3.02. The van der Waals surface area contributed by atoms with Gasteiger partial charge in [0.15, 0.2) is 0 Å². The average molecular weight is 354 g/mol. The second kappa shape index (κ2) is 8.62. The van der Waals surface area contributed by atoms with Gasteiger partial charge in [-0.1, -0.05) is 0 Å². The number of benzene rings is 1. The molecule has 0 radical (unpaired) electrons. The van der Waals surface area contributed by atoms with E-state index < -0.39 is 0 Å². The summed E-state index contributed by atoms with van der Waals surface area (Å²) in [6, 6.07) is 9.87. The van der Waals surface area contributed by atoms with Crippen LogP contribution in [0.25, 0.3) is 0 Å². The monoisotopic (exact) mass is 354 g/mol. The predicted molar refractivity (Wildman–Crippen MR) is 104 cm³/mol. The van der Waals surface area contributed by atoms with E-state index >= 15 is 0 Å². The van der Waals surface area contributed by atoms with E-state index in [2.05, 4.69) is 37.6 Å². The number of nitrogens with one attached hydrogen (secondary N) is 2. The number of hydrogen-bond donors (Lipinski definition) is 2. The molecule has 7 nitrogen and oxygen atoms in total. The highest BCUT2D eigenvalue weighted by molar-refractivity contribution is 5.92. The number of rotatable bonds is 6. The van der Waals surface area contributed by atoms with Crippen molar-refractivity contribution in [2.24, 2.45) is 0 Å². The Kier molecular flexibility index (Phi) is 6.01. The second-order valence-corrected chi connectivity index (χ2v) is 6.15. The van der Waals surface area contributed by atoms with Crippen molar-refractivity contribution in [2.75, 3.05) is 49.5 Å². The van der Waals surface area contributed by atoms with Gasteiger partial charge in [-0.05, 0) is 44.2 Å². The largest absolute Gasteiger partial charge is 0.369 e. The zero-order valence-corrected chi connectivity index (χ0v) is 15.4. The summed E-state index contributed by atoms with van der Waals surface area (Å²) in [5.41, 5.74) is 2.52. The van der Waals surface area contributed by atoms with Crippen LogP contribution in [-0.4, -0.2) is 60.0 Å². The number of nitrogens with zero attached hydrogens (tertiary/aromatic N) is 4. The van der Waals surface area contributed by atoms with Crippen LogP contribution in [0.3, 0.4) is 0 Å². The van der Waals surface area contributed by atoms with Crippen LogP contribution in [0.1, 0.15) is 24.3 Å². The maximum atomic E-state index is 12.4. The molecule has 0 atom stereocenters. The number of carbonyl (C=O) groups is 1. The van der Waals surface area contributed by atoms with Crippen LogP contribution in [-0.2, 0) is 0 Å². The highest BCUT2D eigenvalue weighted by atomic mass is 16.2. The molecule has 2 N–H and O–H groups in total. The van der Waals surface area contributed by atoms with Crippen molar-refractivity contribution in [1.29, 1.82) is 0 Å². The summed E-state index contributed by atoms with van der Waals surface area (Å²) in [5, 5.41) is 6.54. The van der Waals surface area contributed by atoms with E-state index in [4.69, 9.17) is 0 Å². The molecule has 0 aliphatic carbocycles. The first kappa shape index (κ1) is 18.1. The fourth-order valence-electron chi connectivity index (χ4n) is 3.02. The molecule has 2 heterocycles. The Balaban J connectivity index is 1.69. The molecule has 7 heteroatoms. The molecular formula is C19H26N6O. The van der Waals surface area contributed by atoms with Crippen molar-refractivity contribution in [3.63, 3.8) is 0 Å². The minimum Gasteiger partial charge on any atom is -0.369 e. The molecule has 1 aliphatic heterocycles. The van der Waals surface area contributed by atoms with E-state index in [1.165, 1.54) is 5.69 Å². The molecule has 0 spiro atoms. The molecule has 1 amide bonds. The minimum absolute atomic E-state index is 0.0745. The minimum atomic E-state index is -0.0745. The summed E-state index contributed by atoms with van der Waals surface area (Å²) in [7, 11) is 0. The first-order valence-electron chi connectivity index (χ1n) is 9.16. The summed E-state index contributed by atoms with van der Waals surface area (Å²) in [4.78, 5) is 25.1. The third kappa shape index (κ3) is 4.29. The van der Waals surface area contributed by atoms with Crippen LogP contribution in [0, 0.1) is 0 Å². The SMILES string of the molecule is CCN(CC)C(=O)c1ccnc(Nc2ccc(N3CCNCC3)cc2)n1. The smallest absolute Gasteiger partial charge is 0.272 e. The number of anilines is 3. The van der Waals surface area contributed by atoms with Gasteiger partial charge in [0.2, 0.25) is 5.95 Å². The molecule has 1 fully saturated rings. The lowest BCUT2D eigenvalue weighted by molar-refractivity contribution is 0.0767. The summed E-state index contributed by atoms with van der Waals surface area (Å²) in [6.07, 6.45) is 1.61. The topological polar surface area (TPSA) is 73.4 Å². The quantitative estimate of drug-likeness (QED) is 0.828. The highest BCUT2D eigenvalue weighted by Crippen LogP contribution is 2.20. The molecule has 2 aromatic rings. The van der Waals surface area contributed by atoms with Crippen LogP contribution < -0.4 is 15.5 Å². The van der Waals surface area contributed by atoms with Gasteiger partial charge in [0.25, 0.3) is 5.91 Å². The number of piperazine rings is 1. The molecule has 1 aromatic carbocycles. The summed E-state index contributed by atoms with van der Waals surface area (Å²) < 4.78 is 0. The maximum Gasteiger partial charge on any atom is 0.272 e. The van der Waals surface area contributed by atoms with E-state index in [0.29, 0.717) is 24.7 Å². The van der Waals surface area contributed by atoms with E-state index in [1.807, 2.05) is 26.0 Å². The molecule has 1 aliphatic rings. The standard InChI is InChI=1S/C19H26N6O/c1-3-24(4-2)18(26)17-9-10-21-19(23-17)22-15-5-7-16(8-6-15)25-13-11-20-12-14-25/h5-10,20H,3-4,11-14H2,1-2H3,(H,21,22,23). The molecule has 138 valence electrons. The van der Waals surface area contributed by atoms with Gasteiger partial charge in [-0.3, -0.25) is 4.79 Å². The highest BCUT2D eigenvalue weighted by Gasteiger charge is 2.15. The zero-order valence-electron chi connectivity index (χ0n) is 15.4. The Morgan fingerprint density at radius 2 is 1.85 bits per heavy atom. The zero-order chi connectivity index (χ0) is 18.4. The Morgan fingerprint density at radius 1 is 1.15 bits per heavy atom. The van der Waals surface area contributed by atoms with Gasteiger partial charge in [0.1, 0.15) is 5.69 Å². The number of hydrogen-bond acceptors (Lipinski definition) is 6. The van der Waals surface area contributed by atoms with Crippen LogP contribution in [0.15, 0.2) is 36.5 Å². The summed E-state index contributed by atoms with van der Waals surface area (Å²) in [6.45, 7) is 9.31. The van der Waals surface area contributed by atoms with Crippen molar-refractivity contribution < 1.29 is 4.79 Å². The lowest BCUT2D eigenvalue weighted by Crippen LogP contribution is -2.43. The average Bonchev–Trinajstić information content (AvgIpc) is 2.70. The van der Waals surface area contributed by atoms with Crippen molar-refractivity contribution in [1.82, 2.24) is 20.2 Å². The Bertz CT molecular complexity index is 723. The second-order valence-electron chi connectivity index (χ2n) is 6.15. The van der Waals surface area contributed by atoms with Gasteiger partial charge in [0.05, 0.1) is 0 Å². The summed E-state index contributed by atoms with van der Waals surface area (Å²) >= 11 is 0. The van der Waals surface area contributed by atoms with Crippen molar-refractivity contribution in [3.8, 4) is 0 Å². The van der Waals surface area contributed by atoms with Crippen molar-refractivity contribution in [3.05, 3.63) is 42.2 Å². The van der Waals surface area contributed by atoms with Crippen molar-refractivity contribution >= 4 is 23.2 Å². The van der Waals surface area contributed by atoms with Gasteiger partial charge in [0, 0.05) is 56.8 Å². The third-order valence-corrected chi connectivity index (χ3v) is 4.53.